The van der Waals surface area contributed by atoms with Crippen LogP contribution in [-0.2, 0) is 26.7 Å². The molecule has 3 aromatic rings. The van der Waals surface area contributed by atoms with Gasteiger partial charge in [-0.2, -0.15) is 10.2 Å². The normalized spacial score (nSPS) is 11.0. The predicted octanol–water partition coefficient (Wildman–Crippen LogP) is 1.67. The molecule has 2 heterocycles. The lowest BCUT2D eigenvalue weighted by molar-refractivity contribution is 0.368. The van der Waals surface area contributed by atoms with Gasteiger partial charge in [-0.1, -0.05) is 24.3 Å². The van der Waals surface area contributed by atoms with E-state index in [9.17, 15) is 0 Å². The van der Waals surface area contributed by atoms with Crippen molar-refractivity contribution in [2.75, 3.05) is 7.11 Å². The van der Waals surface area contributed by atoms with Gasteiger partial charge in [0, 0.05) is 20.1 Å². The Labute approximate surface area is 141 Å². The molecule has 24 heavy (non-hydrogen) atoms. The van der Waals surface area contributed by atoms with Gasteiger partial charge in [0.05, 0.1) is 24.9 Å². The Hall–Kier alpha value is -2.67. The lowest BCUT2D eigenvalue weighted by Gasteiger charge is -2.08. The van der Waals surface area contributed by atoms with Gasteiger partial charge in [0.1, 0.15) is 12.7 Å². The first kappa shape index (κ1) is 16.2. The largest absolute Gasteiger partial charge is 0.481 e. The summed E-state index contributed by atoms with van der Waals surface area (Å²) in [5.41, 5.74) is 4.52. The Morgan fingerprint density at radius 3 is 2.79 bits per heavy atom. The Kier molecular flexibility index (Phi) is 4.90. The topological polar surface area (TPSA) is 69.8 Å². The second-order valence-electron chi connectivity index (χ2n) is 5.71. The average Bonchev–Trinajstić information content (AvgIpc) is 3.16. The highest BCUT2D eigenvalue weighted by atomic mass is 16.5. The van der Waals surface area contributed by atoms with Crippen molar-refractivity contribution in [3.8, 4) is 5.88 Å². The predicted molar refractivity (Wildman–Crippen MR) is 90.6 cm³/mol. The van der Waals surface area contributed by atoms with Crippen LogP contribution in [0, 0.1) is 6.92 Å². The minimum absolute atomic E-state index is 0.718. The molecule has 0 saturated heterocycles. The van der Waals surface area contributed by atoms with Gasteiger partial charge in [0.15, 0.2) is 0 Å². The number of nitrogens with one attached hydrogen (secondary N) is 1. The number of methoxy groups -OCH3 is 1. The van der Waals surface area contributed by atoms with Crippen LogP contribution in [0.2, 0.25) is 0 Å². The monoisotopic (exact) mass is 326 g/mol. The molecule has 1 aromatic carbocycles. The summed E-state index contributed by atoms with van der Waals surface area (Å²) in [5, 5.41) is 12.0. The molecule has 1 N–H and O–H groups in total. The molecule has 7 heteroatoms. The van der Waals surface area contributed by atoms with Crippen LogP contribution in [0.1, 0.15) is 22.4 Å². The Morgan fingerprint density at radius 1 is 1.21 bits per heavy atom. The van der Waals surface area contributed by atoms with Gasteiger partial charge < -0.3 is 10.1 Å². The molecule has 0 spiro atoms. The number of benzene rings is 1. The van der Waals surface area contributed by atoms with E-state index in [1.165, 1.54) is 11.1 Å². The van der Waals surface area contributed by atoms with Crippen LogP contribution < -0.4 is 10.1 Å². The first-order valence-corrected chi connectivity index (χ1v) is 7.84. The van der Waals surface area contributed by atoms with Crippen molar-refractivity contribution in [2.24, 2.45) is 7.05 Å². The van der Waals surface area contributed by atoms with Crippen molar-refractivity contribution in [1.82, 2.24) is 29.9 Å². The van der Waals surface area contributed by atoms with Crippen LogP contribution in [0.5, 0.6) is 5.88 Å². The summed E-state index contributed by atoms with van der Waals surface area (Å²) in [4.78, 5) is 3.97. The van der Waals surface area contributed by atoms with Crippen molar-refractivity contribution < 1.29 is 4.74 Å². The summed E-state index contributed by atoms with van der Waals surface area (Å²) in [6.07, 6.45) is 3.28. The van der Waals surface area contributed by atoms with Crippen LogP contribution in [0.25, 0.3) is 0 Å². The van der Waals surface area contributed by atoms with Gasteiger partial charge in [-0.25, -0.2) is 14.3 Å². The lowest BCUT2D eigenvalue weighted by Crippen LogP contribution is -2.14. The maximum absolute atomic E-state index is 5.42. The number of ether oxygens (including phenoxy) is 1. The van der Waals surface area contributed by atoms with Gasteiger partial charge in [0.2, 0.25) is 5.88 Å². The van der Waals surface area contributed by atoms with Crippen molar-refractivity contribution in [1.29, 1.82) is 0 Å². The molecule has 0 aliphatic heterocycles. The minimum atomic E-state index is 0.718. The van der Waals surface area contributed by atoms with E-state index >= 15 is 0 Å². The van der Waals surface area contributed by atoms with E-state index in [1.54, 1.807) is 24.4 Å². The van der Waals surface area contributed by atoms with E-state index < -0.39 is 0 Å². The van der Waals surface area contributed by atoms with Crippen LogP contribution in [0.15, 0.2) is 36.9 Å². The molecule has 0 fully saturated rings. The summed E-state index contributed by atoms with van der Waals surface area (Å²) in [6, 6.07) is 8.46. The molecule has 0 aliphatic rings. The summed E-state index contributed by atoms with van der Waals surface area (Å²) < 4.78 is 9.01. The van der Waals surface area contributed by atoms with Crippen LogP contribution in [0.4, 0.5) is 0 Å². The van der Waals surface area contributed by atoms with Gasteiger partial charge in [-0.05, 0) is 18.1 Å². The summed E-state index contributed by atoms with van der Waals surface area (Å²) in [5.74, 6) is 0.805. The Morgan fingerprint density at radius 2 is 2.04 bits per heavy atom. The zero-order valence-corrected chi connectivity index (χ0v) is 14.2. The summed E-state index contributed by atoms with van der Waals surface area (Å²) in [7, 11) is 3.57. The van der Waals surface area contributed by atoms with Crippen molar-refractivity contribution in [3.63, 3.8) is 0 Å². The molecule has 126 valence electrons. The van der Waals surface area contributed by atoms with Crippen LogP contribution in [0.3, 0.4) is 0 Å². The SMILES string of the molecule is COc1c(CNCc2cccc(Cn3cncn3)c2)c(C)nn1C. The molecule has 0 bridgehead atoms. The third-order valence-corrected chi connectivity index (χ3v) is 3.92. The number of nitrogens with zero attached hydrogens (tertiary/aromatic N) is 5. The molecule has 0 radical (unpaired) electrons. The zero-order valence-electron chi connectivity index (χ0n) is 14.2. The molecular formula is C17H22N6O. The molecule has 0 atom stereocenters. The Bertz CT molecular complexity index is 794. The van der Waals surface area contributed by atoms with Gasteiger partial charge >= 0.3 is 0 Å². The number of aryl methyl sites for hydroxylation is 2. The molecule has 2 aromatic heterocycles. The van der Waals surface area contributed by atoms with Crippen molar-refractivity contribution in [3.05, 3.63) is 59.3 Å². The number of rotatable bonds is 7. The van der Waals surface area contributed by atoms with Crippen molar-refractivity contribution in [2.45, 2.75) is 26.6 Å². The van der Waals surface area contributed by atoms with Gasteiger partial charge in [-0.15, -0.1) is 0 Å². The minimum Gasteiger partial charge on any atom is -0.481 e. The standard InChI is InChI=1S/C17H22N6O/c1-13-16(17(24-3)22(2)21-13)9-18-8-14-5-4-6-15(7-14)10-23-12-19-11-20-23/h4-7,11-12,18H,8-10H2,1-3H3. The summed E-state index contributed by atoms with van der Waals surface area (Å²) >= 11 is 0. The third-order valence-electron chi connectivity index (χ3n) is 3.92. The van der Waals surface area contributed by atoms with Gasteiger partial charge in [0.25, 0.3) is 0 Å². The fraction of sp³-hybridized carbons (Fsp3) is 0.353. The average molecular weight is 326 g/mol. The second-order valence-corrected chi connectivity index (χ2v) is 5.71. The Balaban J connectivity index is 1.61. The molecule has 0 unspecified atom stereocenters. The fourth-order valence-electron chi connectivity index (χ4n) is 2.81. The highest BCUT2D eigenvalue weighted by Crippen LogP contribution is 2.20. The first-order valence-electron chi connectivity index (χ1n) is 7.84. The quantitative estimate of drug-likeness (QED) is 0.715. The molecule has 0 amide bonds. The fourth-order valence-corrected chi connectivity index (χ4v) is 2.81. The lowest BCUT2D eigenvalue weighted by atomic mass is 10.1. The zero-order chi connectivity index (χ0) is 16.9. The first-order chi connectivity index (χ1) is 11.7. The third kappa shape index (κ3) is 3.62. The van der Waals surface area contributed by atoms with Crippen LogP contribution >= 0.6 is 0 Å². The number of hydrogen-bond donors (Lipinski definition) is 1. The molecule has 0 saturated carbocycles. The molecule has 0 aliphatic carbocycles. The van der Waals surface area contributed by atoms with E-state index in [-0.39, 0.29) is 0 Å². The number of hydrogen-bond acceptors (Lipinski definition) is 5. The molecule has 3 rings (SSSR count). The van der Waals surface area contributed by atoms with E-state index in [1.807, 2.05) is 18.7 Å². The second kappa shape index (κ2) is 7.27. The smallest absolute Gasteiger partial charge is 0.216 e. The maximum Gasteiger partial charge on any atom is 0.216 e. The van der Waals surface area contributed by atoms with E-state index in [4.69, 9.17) is 4.74 Å². The van der Waals surface area contributed by atoms with E-state index in [2.05, 4.69) is 44.8 Å². The van der Waals surface area contributed by atoms with E-state index in [0.29, 0.717) is 0 Å². The van der Waals surface area contributed by atoms with Crippen LogP contribution in [-0.4, -0.2) is 31.7 Å². The molecular weight excluding hydrogens is 304 g/mol. The maximum atomic E-state index is 5.42. The molecule has 7 nitrogen and oxygen atoms in total. The van der Waals surface area contributed by atoms with E-state index in [0.717, 1.165) is 36.8 Å². The highest BCUT2D eigenvalue weighted by molar-refractivity contribution is 5.31. The summed E-state index contributed by atoms with van der Waals surface area (Å²) in [6.45, 7) is 4.22. The van der Waals surface area contributed by atoms with Crippen molar-refractivity contribution >= 4 is 0 Å². The number of aromatic nitrogens is 5. The van der Waals surface area contributed by atoms with Gasteiger partial charge in [-0.3, -0.25) is 0 Å². The highest BCUT2D eigenvalue weighted by Gasteiger charge is 2.13.